The van der Waals surface area contributed by atoms with E-state index < -0.39 is 5.97 Å². The van der Waals surface area contributed by atoms with Crippen LogP contribution in [-0.4, -0.2) is 39.6 Å². The largest absolute Gasteiger partial charge is 0.480 e. The molecule has 6 nitrogen and oxygen atoms in total. The van der Waals surface area contributed by atoms with Crippen LogP contribution in [0, 0.1) is 0 Å². The molecule has 2 fully saturated rings. The van der Waals surface area contributed by atoms with Gasteiger partial charge in [-0.05, 0) is 25.7 Å². The van der Waals surface area contributed by atoms with Crippen molar-refractivity contribution < 1.29 is 19.2 Å². The summed E-state index contributed by atoms with van der Waals surface area (Å²) < 4.78 is 5.12. The second kappa shape index (κ2) is 4.12. The van der Waals surface area contributed by atoms with Crippen LogP contribution in [0.3, 0.4) is 0 Å². The molecule has 3 rings (SSSR count). The van der Waals surface area contributed by atoms with Crippen LogP contribution >= 0.6 is 0 Å². The SMILES string of the molecule is O=C(O)CN(C(=O)c1cc(C2CC2)on1)C1CC1. The highest BCUT2D eigenvalue weighted by atomic mass is 16.5. The smallest absolute Gasteiger partial charge is 0.323 e. The Balaban J connectivity index is 1.75. The number of aliphatic carboxylic acids is 1. The molecule has 1 N–H and O–H groups in total. The van der Waals surface area contributed by atoms with Gasteiger partial charge in [0.25, 0.3) is 5.91 Å². The molecule has 0 aliphatic heterocycles. The topological polar surface area (TPSA) is 83.6 Å². The maximum absolute atomic E-state index is 12.2. The summed E-state index contributed by atoms with van der Waals surface area (Å²) in [5.41, 5.74) is 0.227. The minimum atomic E-state index is -0.999. The number of carboxylic acids is 1. The van der Waals surface area contributed by atoms with Gasteiger partial charge in [-0.1, -0.05) is 5.16 Å². The fourth-order valence-electron chi connectivity index (χ4n) is 2.00. The molecule has 1 aromatic rings. The van der Waals surface area contributed by atoms with Gasteiger partial charge in [-0.15, -0.1) is 0 Å². The van der Waals surface area contributed by atoms with Crippen LogP contribution in [0.25, 0.3) is 0 Å². The van der Waals surface area contributed by atoms with Crippen LogP contribution in [0.5, 0.6) is 0 Å². The summed E-state index contributed by atoms with van der Waals surface area (Å²) in [6.45, 7) is -0.269. The Morgan fingerprint density at radius 1 is 1.39 bits per heavy atom. The molecule has 2 aliphatic carbocycles. The summed E-state index contributed by atoms with van der Waals surface area (Å²) in [7, 11) is 0. The van der Waals surface area contributed by atoms with Crippen LogP contribution in [0.15, 0.2) is 10.6 Å². The zero-order valence-corrected chi connectivity index (χ0v) is 9.83. The van der Waals surface area contributed by atoms with Gasteiger partial charge in [0.2, 0.25) is 0 Å². The van der Waals surface area contributed by atoms with E-state index in [0.29, 0.717) is 5.92 Å². The predicted molar refractivity (Wildman–Crippen MR) is 60.2 cm³/mol. The summed E-state index contributed by atoms with van der Waals surface area (Å²) in [6, 6.07) is 1.70. The van der Waals surface area contributed by atoms with E-state index in [4.69, 9.17) is 9.63 Å². The number of hydrogen-bond donors (Lipinski definition) is 1. The van der Waals surface area contributed by atoms with Crippen molar-refractivity contribution in [1.29, 1.82) is 0 Å². The average Bonchev–Trinajstić information content (AvgIpc) is 3.24. The van der Waals surface area contributed by atoms with Crippen molar-refractivity contribution in [3.8, 4) is 0 Å². The zero-order chi connectivity index (χ0) is 12.7. The fraction of sp³-hybridized carbons (Fsp3) is 0.583. The Morgan fingerprint density at radius 3 is 2.67 bits per heavy atom. The van der Waals surface area contributed by atoms with Crippen LogP contribution in [0.1, 0.15) is 47.8 Å². The molecule has 1 heterocycles. The number of carbonyl (C=O) groups excluding carboxylic acids is 1. The van der Waals surface area contributed by atoms with Gasteiger partial charge in [0.1, 0.15) is 12.3 Å². The van der Waals surface area contributed by atoms with Gasteiger partial charge in [0, 0.05) is 18.0 Å². The van der Waals surface area contributed by atoms with E-state index in [1.165, 1.54) is 4.90 Å². The molecule has 96 valence electrons. The average molecular weight is 250 g/mol. The summed E-state index contributed by atoms with van der Waals surface area (Å²) in [5, 5.41) is 12.6. The van der Waals surface area contributed by atoms with Gasteiger partial charge in [0.05, 0.1) is 0 Å². The van der Waals surface area contributed by atoms with E-state index in [-0.39, 0.29) is 24.2 Å². The van der Waals surface area contributed by atoms with Gasteiger partial charge in [-0.25, -0.2) is 0 Å². The van der Waals surface area contributed by atoms with Gasteiger partial charge in [-0.2, -0.15) is 0 Å². The van der Waals surface area contributed by atoms with Crippen molar-refractivity contribution in [2.45, 2.75) is 37.6 Å². The maximum Gasteiger partial charge on any atom is 0.323 e. The molecule has 2 saturated carbocycles. The van der Waals surface area contributed by atoms with E-state index in [9.17, 15) is 9.59 Å². The summed E-state index contributed by atoms with van der Waals surface area (Å²) in [5.74, 6) is -0.200. The summed E-state index contributed by atoms with van der Waals surface area (Å²) in [4.78, 5) is 24.3. The molecular weight excluding hydrogens is 236 g/mol. The Labute approximate surface area is 104 Å². The van der Waals surface area contributed by atoms with Gasteiger partial charge >= 0.3 is 5.97 Å². The fourth-order valence-corrected chi connectivity index (χ4v) is 2.00. The molecule has 0 spiro atoms. The summed E-state index contributed by atoms with van der Waals surface area (Å²) in [6.07, 6.45) is 3.88. The van der Waals surface area contributed by atoms with E-state index in [1.807, 2.05) is 0 Å². The lowest BCUT2D eigenvalue weighted by atomic mass is 10.2. The minimum absolute atomic E-state index is 0.0506. The lowest BCUT2D eigenvalue weighted by molar-refractivity contribution is -0.137. The van der Waals surface area contributed by atoms with Crippen LogP contribution < -0.4 is 0 Å². The third-order valence-corrected chi connectivity index (χ3v) is 3.28. The number of rotatable bonds is 5. The predicted octanol–water partition coefficient (Wildman–Crippen LogP) is 1.24. The molecule has 0 unspecified atom stereocenters. The first kappa shape index (κ1) is 11.3. The zero-order valence-electron chi connectivity index (χ0n) is 9.83. The van der Waals surface area contributed by atoms with Gasteiger partial charge < -0.3 is 14.5 Å². The van der Waals surface area contributed by atoms with Crippen LogP contribution in [-0.2, 0) is 4.79 Å². The van der Waals surface area contributed by atoms with Crippen molar-refractivity contribution in [3.05, 3.63) is 17.5 Å². The molecule has 0 atom stereocenters. The van der Waals surface area contributed by atoms with Crippen molar-refractivity contribution in [2.75, 3.05) is 6.54 Å². The Bertz CT molecular complexity index is 488. The van der Waals surface area contributed by atoms with E-state index in [1.54, 1.807) is 6.07 Å². The standard InChI is InChI=1S/C12H14N2O4/c15-11(16)6-14(8-3-4-8)12(17)9-5-10(18-13-9)7-1-2-7/h5,7-8H,1-4,6H2,(H,15,16). The molecule has 0 saturated heterocycles. The van der Waals surface area contributed by atoms with E-state index >= 15 is 0 Å². The molecular formula is C12H14N2O4. The number of carbonyl (C=O) groups is 2. The van der Waals surface area contributed by atoms with Crippen molar-refractivity contribution >= 4 is 11.9 Å². The molecule has 0 aromatic carbocycles. The van der Waals surface area contributed by atoms with Crippen molar-refractivity contribution in [2.24, 2.45) is 0 Å². The first-order valence-corrected chi connectivity index (χ1v) is 6.14. The Kier molecular flexibility index (Phi) is 2.57. The van der Waals surface area contributed by atoms with Crippen LogP contribution in [0.2, 0.25) is 0 Å². The number of hydrogen-bond acceptors (Lipinski definition) is 4. The first-order valence-electron chi connectivity index (χ1n) is 6.14. The first-order chi connectivity index (χ1) is 8.65. The van der Waals surface area contributed by atoms with Gasteiger partial charge in [0.15, 0.2) is 5.69 Å². The Hall–Kier alpha value is -1.85. The molecule has 1 amide bonds. The molecule has 0 bridgehead atoms. The number of aromatic nitrogens is 1. The molecule has 1 aromatic heterocycles. The number of carboxylic acid groups (broad SMARTS) is 1. The highest BCUT2D eigenvalue weighted by Gasteiger charge is 2.36. The maximum atomic E-state index is 12.2. The second-order valence-electron chi connectivity index (χ2n) is 4.95. The van der Waals surface area contributed by atoms with E-state index in [2.05, 4.69) is 5.16 Å². The third kappa shape index (κ3) is 2.23. The minimum Gasteiger partial charge on any atom is -0.480 e. The second-order valence-corrected chi connectivity index (χ2v) is 4.95. The molecule has 2 aliphatic rings. The van der Waals surface area contributed by atoms with Gasteiger partial charge in [-0.3, -0.25) is 9.59 Å². The van der Waals surface area contributed by atoms with Crippen molar-refractivity contribution in [3.63, 3.8) is 0 Å². The highest BCUT2D eigenvalue weighted by molar-refractivity contribution is 5.94. The van der Waals surface area contributed by atoms with Crippen molar-refractivity contribution in [1.82, 2.24) is 10.1 Å². The lowest BCUT2D eigenvalue weighted by Crippen LogP contribution is -2.37. The normalized spacial score (nSPS) is 18.7. The summed E-state index contributed by atoms with van der Waals surface area (Å²) >= 11 is 0. The Morgan fingerprint density at radius 2 is 2.11 bits per heavy atom. The third-order valence-electron chi connectivity index (χ3n) is 3.28. The quantitative estimate of drug-likeness (QED) is 0.850. The highest BCUT2D eigenvalue weighted by Crippen LogP contribution is 2.40. The molecule has 0 radical (unpaired) electrons. The van der Waals surface area contributed by atoms with E-state index in [0.717, 1.165) is 31.4 Å². The monoisotopic (exact) mass is 250 g/mol. The number of amides is 1. The molecule has 18 heavy (non-hydrogen) atoms. The molecule has 6 heteroatoms. The lowest BCUT2D eigenvalue weighted by Gasteiger charge is -2.18. The van der Waals surface area contributed by atoms with Crippen LogP contribution in [0.4, 0.5) is 0 Å². The number of nitrogens with zero attached hydrogens (tertiary/aromatic N) is 2.